The maximum atomic E-state index is 12.4. The second-order valence-corrected chi connectivity index (χ2v) is 5.41. The van der Waals surface area contributed by atoms with Crippen molar-refractivity contribution in [1.82, 2.24) is 14.9 Å². The van der Waals surface area contributed by atoms with E-state index in [1.807, 2.05) is 0 Å². The number of rotatable bonds is 4. The van der Waals surface area contributed by atoms with E-state index in [1.165, 1.54) is 24.9 Å². The number of nitrogens with zero attached hydrogens (tertiary/aromatic N) is 2. The molecule has 0 saturated carbocycles. The molecule has 0 aromatic carbocycles. The molecule has 2 aromatic heterocycles. The van der Waals surface area contributed by atoms with E-state index in [2.05, 4.69) is 10.3 Å². The van der Waals surface area contributed by atoms with Crippen molar-refractivity contribution in [2.75, 3.05) is 0 Å². The summed E-state index contributed by atoms with van der Waals surface area (Å²) in [4.78, 5) is 39.8. The van der Waals surface area contributed by atoms with E-state index in [-0.39, 0.29) is 28.3 Å². The highest BCUT2D eigenvalue weighted by Gasteiger charge is 2.28. The van der Waals surface area contributed by atoms with Gasteiger partial charge in [-0.3, -0.25) is 9.59 Å². The summed E-state index contributed by atoms with van der Waals surface area (Å²) in [5.41, 5.74) is -0.346. The number of furan rings is 1. The maximum absolute atomic E-state index is 12.4. The molecule has 2 aromatic rings. The molecule has 22 heavy (non-hydrogen) atoms. The Balaban J connectivity index is 2.53. The minimum Gasteiger partial charge on any atom is -0.480 e. The molecular weight excluding hydrogens is 290 g/mol. The molecule has 0 spiro atoms. The lowest BCUT2D eigenvalue weighted by Crippen LogP contribution is -2.44. The lowest BCUT2D eigenvalue weighted by molar-refractivity contribution is -0.140. The summed E-state index contributed by atoms with van der Waals surface area (Å²) in [5.74, 6) is -1.89. The average Bonchev–Trinajstić information content (AvgIpc) is 2.76. The van der Waals surface area contributed by atoms with E-state index >= 15 is 0 Å². The van der Waals surface area contributed by atoms with Gasteiger partial charge in [0.1, 0.15) is 23.5 Å². The van der Waals surface area contributed by atoms with Gasteiger partial charge in [-0.05, 0) is 12.8 Å². The Morgan fingerprint density at radius 3 is 2.59 bits per heavy atom. The van der Waals surface area contributed by atoms with Gasteiger partial charge in [0, 0.05) is 7.05 Å². The highest BCUT2D eigenvalue weighted by Crippen LogP contribution is 2.21. The molecule has 8 heteroatoms. The first-order valence-corrected chi connectivity index (χ1v) is 6.72. The number of aromatic nitrogens is 2. The average molecular weight is 307 g/mol. The highest BCUT2D eigenvalue weighted by molar-refractivity contribution is 6.07. The minimum atomic E-state index is -1.14. The van der Waals surface area contributed by atoms with E-state index in [9.17, 15) is 14.4 Å². The van der Waals surface area contributed by atoms with Gasteiger partial charge in [-0.25, -0.2) is 9.78 Å². The number of carbonyl (C=O) groups excluding carboxylic acids is 1. The summed E-state index contributed by atoms with van der Waals surface area (Å²) in [7, 11) is 1.51. The van der Waals surface area contributed by atoms with Gasteiger partial charge in [-0.15, -0.1) is 0 Å². The molecule has 2 rings (SSSR count). The highest BCUT2D eigenvalue weighted by atomic mass is 16.4. The van der Waals surface area contributed by atoms with Crippen LogP contribution in [0.2, 0.25) is 0 Å². The minimum absolute atomic E-state index is 0.0237. The number of carboxylic acids is 1. The number of hydrogen-bond acceptors (Lipinski definition) is 5. The third-order valence-corrected chi connectivity index (χ3v) is 3.39. The lowest BCUT2D eigenvalue weighted by Gasteiger charge is -2.17. The summed E-state index contributed by atoms with van der Waals surface area (Å²) in [6.45, 7) is 4.89. The van der Waals surface area contributed by atoms with Crippen molar-refractivity contribution in [3.63, 3.8) is 0 Å². The van der Waals surface area contributed by atoms with Crippen molar-refractivity contribution >= 4 is 23.0 Å². The van der Waals surface area contributed by atoms with E-state index in [1.54, 1.807) is 13.8 Å². The van der Waals surface area contributed by atoms with Crippen LogP contribution in [0.25, 0.3) is 11.1 Å². The second kappa shape index (κ2) is 5.63. The van der Waals surface area contributed by atoms with Gasteiger partial charge in [-0.1, -0.05) is 13.8 Å². The first-order chi connectivity index (χ1) is 10.2. The summed E-state index contributed by atoms with van der Waals surface area (Å²) in [6.07, 6.45) is 1.30. The van der Waals surface area contributed by atoms with E-state index in [4.69, 9.17) is 9.52 Å². The molecule has 0 radical (unpaired) electrons. The van der Waals surface area contributed by atoms with Crippen molar-refractivity contribution in [2.24, 2.45) is 13.0 Å². The van der Waals surface area contributed by atoms with Crippen LogP contribution >= 0.6 is 0 Å². The number of hydrogen-bond donors (Lipinski definition) is 2. The molecule has 0 aliphatic carbocycles. The van der Waals surface area contributed by atoms with Gasteiger partial charge in [0.25, 0.3) is 11.5 Å². The van der Waals surface area contributed by atoms with Crippen LogP contribution in [0.15, 0.2) is 15.5 Å². The van der Waals surface area contributed by atoms with Crippen molar-refractivity contribution in [3.05, 3.63) is 28.0 Å². The molecule has 0 fully saturated rings. The quantitative estimate of drug-likeness (QED) is 0.858. The number of fused-ring (bicyclic) bond motifs is 1. The Morgan fingerprint density at radius 1 is 1.41 bits per heavy atom. The first-order valence-electron chi connectivity index (χ1n) is 6.72. The normalized spacial score (nSPS) is 12.6. The summed E-state index contributed by atoms with van der Waals surface area (Å²) < 4.78 is 6.55. The van der Waals surface area contributed by atoms with Crippen LogP contribution in [0.3, 0.4) is 0 Å². The van der Waals surface area contributed by atoms with Crippen LogP contribution in [0, 0.1) is 12.8 Å². The molecule has 0 aliphatic heterocycles. The van der Waals surface area contributed by atoms with Crippen LogP contribution in [-0.4, -0.2) is 32.6 Å². The molecule has 1 amide bonds. The number of aliphatic carboxylic acids is 1. The predicted octanol–water partition coefficient (Wildman–Crippen LogP) is 0.674. The molecular formula is C14H17N3O5. The van der Waals surface area contributed by atoms with Crippen molar-refractivity contribution in [2.45, 2.75) is 26.8 Å². The largest absolute Gasteiger partial charge is 0.480 e. The van der Waals surface area contributed by atoms with Gasteiger partial charge in [0.2, 0.25) is 5.71 Å². The zero-order valence-corrected chi connectivity index (χ0v) is 12.7. The van der Waals surface area contributed by atoms with Gasteiger partial charge < -0.3 is 19.4 Å². The Kier molecular flexibility index (Phi) is 4.03. The fraction of sp³-hybridized carbons (Fsp3) is 0.429. The molecule has 0 unspecified atom stereocenters. The van der Waals surface area contributed by atoms with Crippen molar-refractivity contribution < 1.29 is 19.1 Å². The number of carbonyl (C=O) groups is 2. The fourth-order valence-corrected chi connectivity index (χ4v) is 2.19. The summed E-state index contributed by atoms with van der Waals surface area (Å²) >= 11 is 0. The molecule has 0 aliphatic rings. The zero-order valence-electron chi connectivity index (χ0n) is 12.7. The zero-order chi connectivity index (χ0) is 16.6. The Bertz CT molecular complexity index is 803. The topological polar surface area (TPSA) is 114 Å². The van der Waals surface area contributed by atoms with E-state index in [0.29, 0.717) is 0 Å². The number of aryl methyl sites for hydroxylation is 2. The second-order valence-electron chi connectivity index (χ2n) is 5.41. The van der Waals surface area contributed by atoms with Crippen LogP contribution in [0.5, 0.6) is 0 Å². The molecule has 0 saturated heterocycles. The fourth-order valence-electron chi connectivity index (χ4n) is 2.19. The molecule has 8 nitrogen and oxygen atoms in total. The maximum Gasteiger partial charge on any atom is 0.326 e. The van der Waals surface area contributed by atoms with Gasteiger partial charge >= 0.3 is 5.97 Å². The van der Waals surface area contributed by atoms with E-state index in [0.717, 1.165) is 0 Å². The third-order valence-electron chi connectivity index (χ3n) is 3.39. The van der Waals surface area contributed by atoms with Gasteiger partial charge in [0.15, 0.2) is 0 Å². The monoisotopic (exact) mass is 307 g/mol. The smallest absolute Gasteiger partial charge is 0.326 e. The number of carboxylic acid groups (broad SMARTS) is 1. The standard InChI is InChI=1S/C14H17N3O5/c1-6(2)10(14(20)21)16-11(18)8-7(3)22-12-9(8)13(19)17(4)5-15-12/h5-6,10H,1-4H3,(H,16,18)(H,20,21)/t10-/m1/s1. The van der Waals surface area contributed by atoms with E-state index < -0.39 is 23.5 Å². The Morgan fingerprint density at radius 2 is 2.05 bits per heavy atom. The van der Waals surface area contributed by atoms with Crippen LogP contribution in [0.4, 0.5) is 0 Å². The molecule has 118 valence electrons. The number of nitrogens with one attached hydrogen (secondary N) is 1. The predicted molar refractivity (Wildman–Crippen MR) is 77.7 cm³/mol. The Labute approximate surface area is 125 Å². The van der Waals surface area contributed by atoms with Crippen molar-refractivity contribution in [1.29, 1.82) is 0 Å². The molecule has 0 bridgehead atoms. The summed E-state index contributed by atoms with van der Waals surface area (Å²) in [5, 5.41) is 11.6. The Hall–Kier alpha value is -2.64. The first kappa shape index (κ1) is 15.7. The third kappa shape index (κ3) is 2.59. The van der Waals surface area contributed by atoms with Crippen LogP contribution < -0.4 is 10.9 Å². The molecule has 2 N–H and O–H groups in total. The summed E-state index contributed by atoms with van der Waals surface area (Å²) in [6, 6.07) is -1.06. The van der Waals surface area contributed by atoms with Crippen LogP contribution in [-0.2, 0) is 11.8 Å². The van der Waals surface area contributed by atoms with Crippen LogP contribution in [0.1, 0.15) is 30.0 Å². The SMILES string of the molecule is Cc1oc2ncn(C)c(=O)c2c1C(=O)N[C@@H](C(=O)O)C(C)C. The molecule has 2 heterocycles. The van der Waals surface area contributed by atoms with Crippen molar-refractivity contribution in [3.8, 4) is 0 Å². The lowest BCUT2D eigenvalue weighted by atomic mass is 10.0. The molecule has 1 atom stereocenters. The van der Waals surface area contributed by atoms with Gasteiger partial charge in [-0.2, -0.15) is 0 Å². The number of amides is 1. The van der Waals surface area contributed by atoms with Gasteiger partial charge in [0.05, 0.1) is 5.56 Å².